The van der Waals surface area contributed by atoms with Crippen molar-refractivity contribution in [3.63, 3.8) is 0 Å². The first-order chi connectivity index (χ1) is 11.2. The number of piperazine rings is 1. The summed E-state index contributed by atoms with van der Waals surface area (Å²) >= 11 is 3.47. The van der Waals surface area contributed by atoms with Crippen molar-refractivity contribution in [3.05, 3.63) is 28.2 Å². The van der Waals surface area contributed by atoms with E-state index in [-0.39, 0.29) is 5.91 Å². The van der Waals surface area contributed by atoms with Crippen LogP contribution < -0.4 is 4.74 Å². The molecule has 0 saturated carbocycles. The smallest absolute Gasteiger partial charge is 0.255 e. The van der Waals surface area contributed by atoms with Gasteiger partial charge in [0.05, 0.1) is 18.8 Å². The molecule has 6 heteroatoms. The lowest BCUT2D eigenvalue weighted by Gasteiger charge is -2.35. The topological polar surface area (TPSA) is 42.0 Å². The third-order valence-electron chi connectivity index (χ3n) is 4.55. The van der Waals surface area contributed by atoms with E-state index in [9.17, 15) is 4.79 Å². The van der Waals surface area contributed by atoms with E-state index in [0.29, 0.717) is 17.4 Å². The molecule has 23 heavy (non-hydrogen) atoms. The van der Waals surface area contributed by atoms with Gasteiger partial charge in [0.2, 0.25) is 0 Å². The number of rotatable bonds is 4. The van der Waals surface area contributed by atoms with Crippen LogP contribution >= 0.6 is 15.9 Å². The number of amides is 1. The highest BCUT2D eigenvalue weighted by Gasteiger charge is 2.26. The van der Waals surface area contributed by atoms with Gasteiger partial charge in [-0.15, -0.1) is 0 Å². The van der Waals surface area contributed by atoms with Crippen LogP contribution in [-0.4, -0.2) is 68.3 Å². The van der Waals surface area contributed by atoms with Gasteiger partial charge in [0.1, 0.15) is 5.75 Å². The van der Waals surface area contributed by atoms with Crippen molar-refractivity contribution in [2.24, 2.45) is 0 Å². The molecule has 1 aromatic carbocycles. The van der Waals surface area contributed by atoms with E-state index in [0.717, 1.165) is 50.2 Å². The first-order valence-corrected chi connectivity index (χ1v) is 8.93. The van der Waals surface area contributed by atoms with Gasteiger partial charge < -0.3 is 14.4 Å². The molecule has 0 aliphatic carbocycles. The summed E-state index contributed by atoms with van der Waals surface area (Å²) in [4.78, 5) is 17.1. The van der Waals surface area contributed by atoms with E-state index >= 15 is 0 Å². The summed E-state index contributed by atoms with van der Waals surface area (Å²) in [6.07, 6.45) is 2.72. The average Bonchev–Trinajstić information content (AvgIpc) is 3.08. The van der Waals surface area contributed by atoms with Crippen molar-refractivity contribution < 1.29 is 14.3 Å². The van der Waals surface area contributed by atoms with Crippen LogP contribution in [0, 0.1) is 0 Å². The van der Waals surface area contributed by atoms with Gasteiger partial charge in [-0.2, -0.15) is 0 Å². The minimum Gasteiger partial charge on any atom is -0.497 e. The summed E-state index contributed by atoms with van der Waals surface area (Å²) in [6, 6.07) is 5.51. The first kappa shape index (κ1) is 16.7. The van der Waals surface area contributed by atoms with Gasteiger partial charge in [0, 0.05) is 43.8 Å². The Labute approximate surface area is 145 Å². The van der Waals surface area contributed by atoms with Gasteiger partial charge in [0.25, 0.3) is 5.91 Å². The second-order valence-corrected chi connectivity index (χ2v) is 6.93. The number of ether oxygens (including phenoxy) is 2. The first-order valence-electron chi connectivity index (χ1n) is 8.14. The van der Waals surface area contributed by atoms with Crippen molar-refractivity contribution in [3.8, 4) is 5.75 Å². The number of benzene rings is 1. The van der Waals surface area contributed by atoms with E-state index in [1.165, 1.54) is 6.42 Å². The van der Waals surface area contributed by atoms with Crippen LogP contribution in [0.5, 0.6) is 5.75 Å². The highest BCUT2D eigenvalue weighted by molar-refractivity contribution is 9.10. The maximum atomic E-state index is 12.7. The fourth-order valence-electron chi connectivity index (χ4n) is 3.18. The molecule has 2 aliphatic heterocycles. The summed E-state index contributed by atoms with van der Waals surface area (Å²) in [6.45, 7) is 5.22. The number of carbonyl (C=O) groups excluding carboxylic acids is 1. The maximum Gasteiger partial charge on any atom is 0.255 e. The Balaban J connectivity index is 1.57. The third kappa shape index (κ3) is 4.05. The number of halogens is 1. The molecule has 0 unspecified atom stereocenters. The molecule has 1 aromatic rings. The third-order valence-corrected chi connectivity index (χ3v) is 5.24. The molecule has 0 bridgehead atoms. The molecule has 2 fully saturated rings. The van der Waals surface area contributed by atoms with Crippen LogP contribution in [0.25, 0.3) is 0 Å². The van der Waals surface area contributed by atoms with Crippen LogP contribution in [0.4, 0.5) is 0 Å². The predicted molar refractivity (Wildman–Crippen MR) is 92.0 cm³/mol. The Morgan fingerprint density at radius 2 is 2.13 bits per heavy atom. The van der Waals surface area contributed by atoms with Crippen LogP contribution in [0.2, 0.25) is 0 Å². The summed E-state index contributed by atoms with van der Waals surface area (Å²) in [7, 11) is 1.61. The number of carbonyl (C=O) groups is 1. The fraction of sp³-hybridized carbons (Fsp3) is 0.588. The zero-order valence-electron chi connectivity index (χ0n) is 13.5. The molecule has 0 radical (unpaired) electrons. The Hall–Kier alpha value is -1.11. The van der Waals surface area contributed by atoms with Crippen molar-refractivity contribution in [2.45, 2.75) is 18.9 Å². The summed E-state index contributed by atoms with van der Waals surface area (Å²) < 4.78 is 11.7. The zero-order chi connectivity index (χ0) is 16.2. The Bertz CT molecular complexity index is 553. The SMILES string of the molecule is COc1ccc(Br)c(C(=O)N2CCN(C[C@H]3CCCO3)CC2)c1. The van der Waals surface area contributed by atoms with Gasteiger partial charge in [0.15, 0.2) is 0 Å². The molecule has 1 atom stereocenters. The van der Waals surface area contributed by atoms with Crippen LogP contribution in [0.15, 0.2) is 22.7 Å². The quantitative estimate of drug-likeness (QED) is 0.801. The van der Waals surface area contributed by atoms with Gasteiger partial charge in [-0.25, -0.2) is 0 Å². The molecule has 2 aliphatic rings. The molecule has 0 aromatic heterocycles. The Kier molecular flexibility index (Phi) is 5.56. The van der Waals surface area contributed by atoms with E-state index in [1.54, 1.807) is 13.2 Å². The molecular formula is C17H23BrN2O3. The van der Waals surface area contributed by atoms with Crippen LogP contribution in [0.3, 0.4) is 0 Å². The van der Waals surface area contributed by atoms with Gasteiger partial charge >= 0.3 is 0 Å². The van der Waals surface area contributed by atoms with Gasteiger partial charge in [-0.1, -0.05) is 0 Å². The summed E-state index contributed by atoms with van der Waals surface area (Å²) in [5, 5.41) is 0. The minimum atomic E-state index is 0.0625. The lowest BCUT2D eigenvalue weighted by atomic mass is 10.1. The molecule has 2 saturated heterocycles. The fourth-order valence-corrected chi connectivity index (χ4v) is 3.59. The highest BCUT2D eigenvalue weighted by Crippen LogP contribution is 2.24. The zero-order valence-corrected chi connectivity index (χ0v) is 15.0. The van der Waals surface area contributed by atoms with Crippen molar-refractivity contribution in [1.29, 1.82) is 0 Å². The molecule has 0 spiro atoms. The van der Waals surface area contributed by atoms with Crippen LogP contribution in [0.1, 0.15) is 23.2 Å². The molecule has 3 rings (SSSR count). The number of hydrogen-bond acceptors (Lipinski definition) is 4. The van der Waals surface area contributed by atoms with Gasteiger partial charge in [-0.3, -0.25) is 9.69 Å². The number of hydrogen-bond donors (Lipinski definition) is 0. The van der Waals surface area contributed by atoms with Crippen molar-refractivity contribution >= 4 is 21.8 Å². The minimum absolute atomic E-state index is 0.0625. The monoisotopic (exact) mass is 382 g/mol. The normalized spacial score (nSPS) is 22.3. The van der Waals surface area contributed by atoms with Crippen molar-refractivity contribution in [1.82, 2.24) is 9.80 Å². The Morgan fingerprint density at radius 3 is 2.78 bits per heavy atom. The highest BCUT2D eigenvalue weighted by atomic mass is 79.9. The second-order valence-electron chi connectivity index (χ2n) is 6.07. The average molecular weight is 383 g/mol. The van der Waals surface area contributed by atoms with E-state index < -0.39 is 0 Å². The largest absolute Gasteiger partial charge is 0.497 e. The van der Waals surface area contributed by atoms with E-state index in [4.69, 9.17) is 9.47 Å². The maximum absolute atomic E-state index is 12.7. The standard InChI is InChI=1S/C17H23BrN2O3/c1-22-13-4-5-16(18)15(11-13)17(21)20-8-6-19(7-9-20)12-14-3-2-10-23-14/h4-5,11,14H,2-3,6-10,12H2,1H3/t14-/m1/s1. The number of methoxy groups -OCH3 is 1. The second kappa shape index (κ2) is 7.64. The summed E-state index contributed by atoms with van der Waals surface area (Å²) in [5.74, 6) is 0.765. The van der Waals surface area contributed by atoms with E-state index in [2.05, 4.69) is 20.8 Å². The summed E-state index contributed by atoms with van der Waals surface area (Å²) in [5.41, 5.74) is 0.664. The van der Waals surface area contributed by atoms with Crippen LogP contribution in [-0.2, 0) is 4.74 Å². The molecule has 5 nitrogen and oxygen atoms in total. The van der Waals surface area contributed by atoms with Gasteiger partial charge in [-0.05, 0) is 47.0 Å². The molecule has 0 N–H and O–H groups in total. The molecule has 2 heterocycles. The molecular weight excluding hydrogens is 360 g/mol. The lowest BCUT2D eigenvalue weighted by molar-refractivity contribution is 0.0432. The van der Waals surface area contributed by atoms with Crippen molar-refractivity contribution in [2.75, 3.05) is 46.4 Å². The number of nitrogens with zero attached hydrogens (tertiary/aromatic N) is 2. The Morgan fingerprint density at radius 1 is 1.35 bits per heavy atom. The molecule has 1 amide bonds. The van der Waals surface area contributed by atoms with E-state index in [1.807, 2.05) is 17.0 Å². The lowest BCUT2D eigenvalue weighted by Crippen LogP contribution is -2.50. The predicted octanol–water partition coefficient (Wildman–Crippen LogP) is 2.39. The molecule has 126 valence electrons.